The molecule has 0 radical (unpaired) electrons. The molecule has 1 atom stereocenters. The third-order valence-corrected chi connectivity index (χ3v) is 1.53. The van der Waals surface area contributed by atoms with Crippen LogP contribution in [0.1, 0.15) is 33.6 Å². The molecule has 60 valence electrons. The number of hydrogen-bond acceptors (Lipinski definition) is 1. The van der Waals surface area contributed by atoms with Crippen LogP contribution < -0.4 is 5.32 Å². The van der Waals surface area contributed by atoms with Crippen LogP contribution in [0.5, 0.6) is 0 Å². The lowest BCUT2D eigenvalue weighted by atomic mass is 10.1. The van der Waals surface area contributed by atoms with Gasteiger partial charge in [0, 0.05) is 12.2 Å². The number of rotatable bonds is 5. The molecule has 1 heteroatoms. The van der Waals surface area contributed by atoms with Crippen molar-refractivity contribution in [2.75, 3.05) is 6.54 Å². The summed E-state index contributed by atoms with van der Waals surface area (Å²) in [5.41, 5.74) is 1.07. The summed E-state index contributed by atoms with van der Waals surface area (Å²) < 4.78 is 0. The fraction of sp³-hybridized carbons (Fsp3) is 0.778. The highest BCUT2D eigenvalue weighted by molar-refractivity contribution is 4.84. The molecule has 0 rings (SSSR count). The molecule has 0 amide bonds. The van der Waals surface area contributed by atoms with E-state index in [1.165, 1.54) is 12.8 Å². The van der Waals surface area contributed by atoms with E-state index < -0.39 is 0 Å². The summed E-state index contributed by atoms with van der Waals surface area (Å²) in [5, 5.41) is 3.24. The zero-order valence-electron chi connectivity index (χ0n) is 7.41. The van der Waals surface area contributed by atoms with Crippen molar-refractivity contribution < 1.29 is 0 Å². The summed E-state index contributed by atoms with van der Waals surface area (Å²) in [6.45, 7) is 11.3. The Morgan fingerprint density at radius 1 is 1.60 bits per heavy atom. The van der Waals surface area contributed by atoms with Gasteiger partial charge in [0.2, 0.25) is 0 Å². The van der Waals surface area contributed by atoms with Crippen molar-refractivity contribution in [3.8, 4) is 0 Å². The third kappa shape index (κ3) is 5.67. The summed E-state index contributed by atoms with van der Waals surface area (Å²) in [7, 11) is 0. The van der Waals surface area contributed by atoms with Crippen LogP contribution in [0.25, 0.3) is 0 Å². The van der Waals surface area contributed by atoms with E-state index in [1.54, 1.807) is 0 Å². The number of allylic oxidation sites excluding steroid dienone is 1. The van der Waals surface area contributed by atoms with Crippen LogP contribution in [-0.4, -0.2) is 6.54 Å². The molecular formula is C9H19N. The SMILES string of the molecule is C=C(C)NCC(C)CCC. The monoisotopic (exact) mass is 141 g/mol. The molecular weight excluding hydrogens is 122 g/mol. The summed E-state index contributed by atoms with van der Waals surface area (Å²) in [6, 6.07) is 0. The molecule has 0 aliphatic heterocycles. The Balaban J connectivity index is 3.21. The molecule has 0 saturated carbocycles. The van der Waals surface area contributed by atoms with Crippen LogP contribution in [0.4, 0.5) is 0 Å². The first-order chi connectivity index (χ1) is 4.66. The highest BCUT2D eigenvalue weighted by atomic mass is 14.9. The highest BCUT2D eigenvalue weighted by Gasteiger charge is 1.97. The van der Waals surface area contributed by atoms with Crippen LogP contribution in [0.2, 0.25) is 0 Å². The van der Waals surface area contributed by atoms with Gasteiger partial charge in [0.1, 0.15) is 0 Å². The van der Waals surface area contributed by atoms with E-state index >= 15 is 0 Å². The molecule has 10 heavy (non-hydrogen) atoms. The second-order valence-corrected chi connectivity index (χ2v) is 3.06. The first-order valence-corrected chi connectivity index (χ1v) is 4.06. The van der Waals surface area contributed by atoms with Gasteiger partial charge in [-0.25, -0.2) is 0 Å². The van der Waals surface area contributed by atoms with Crippen LogP contribution in [-0.2, 0) is 0 Å². The minimum atomic E-state index is 0.779. The topological polar surface area (TPSA) is 12.0 Å². The van der Waals surface area contributed by atoms with E-state index in [0.717, 1.165) is 18.2 Å². The van der Waals surface area contributed by atoms with Gasteiger partial charge in [0.05, 0.1) is 0 Å². The molecule has 1 nitrogen and oxygen atoms in total. The van der Waals surface area contributed by atoms with Gasteiger partial charge in [0.15, 0.2) is 0 Å². The molecule has 0 aromatic rings. The lowest BCUT2D eigenvalue weighted by Crippen LogP contribution is -2.18. The van der Waals surface area contributed by atoms with Crippen LogP contribution >= 0.6 is 0 Å². The smallest absolute Gasteiger partial charge is 0.0169 e. The Kier molecular flexibility index (Phi) is 5.09. The van der Waals surface area contributed by atoms with Gasteiger partial charge in [-0.3, -0.25) is 0 Å². The van der Waals surface area contributed by atoms with E-state index in [1.807, 2.05) is 6.92 Å². The van der Waals surface area contributed by atoms with Gasteiger partial charge in [-0.05, 0) is 19.3 Å². The van der Waals surface area contributed by atoms with Gasteiger partial charge in [-0.1, -0.05) is 26.8 Å². The maximum atomic E-state index is 3.78. The predicted molar refractivity (Wildman–Crippen MR) is 46.9 cm³/mol. The molecule has 0 aromatic carbocycles. The normalized spacial score (nSPS) is 12.7. The summed E-state index contributed by atoms with van der Waals surface area (Å²) >= 11 is 0. The lowest BCUT2D eigenvalue weighted by molar-refractivity contribution is 0.500. The minimum absolute atomic E-state index is 0.779. The van der Waals surface area contributed by atoms with E-state index in [2.05, 4.69) is 25.7 Å². The van der Waals surface area contributed by atoms with E-state index in [9.17, 15) is 0 Å². The number of nitrogens with one attached hydrogen (secondary N) is 1. The molecule has 0 saturated heterocycles. The second-order valence-electron chi connectivity index (χ2n) is 3.06. The van der Waals surface area contributed by atoms with Crippen molar-refractivity contribution in [3.63, 3.8) is 0 Å². The molecule has 0 heterocycles. The zero-order valence-corrected chi connectivity index (χ0v) is 7.41. The van der Waals surface area contributed by atoms with Crippen molar-refractivity contribution in [2.24, 2.45) is 5.92 Å². The van der Waals surface area contributed by atoms with Gasteiger partial charge >= 0.3 is 0 Å². The van der Waals surface area contributed by atoms with Crippen molar-refractivity contribution in [3.05, 3.63) is 12.3 Å². The first kappa shape index (κ1) is 9.54. The Bertz CT molecular complexity index is 96.9. The maximum absolute atomic E-state index is 3.78. The molecule has 1 unspecified atom stereocenters. The zero-order chi connectivity index (χ0) is 7.98. The van der Waals surface area contributed by atoms with E-state index in [-0.39, 0.29) is 0 Å². The summed E-state index contributed by atoms with van der Waals surface area (Å²) in [5.74, 6) is 0.779. The fourth-order valence-electron chi connectivity index (χ4n) is 0.943. The summed E-state index contributed by atoms with van der Waals surface area (Å²) in [4.78, 5) is 0. The Morgan fingerprint density at radius 2 is 2.20 bits per heavy atom. The van der Waals surface area contributed by atoms with E-state index in [0.29, 0.717) is 0 Å². The lowest BCUT2D eigenvalue weighted by Gasteiger charge is -2.11. The van der Waals surface area contributed by atoms with Gasteiger partial charge < -0.3 is 5.32 Å². The molecule has 0 aliphatic carbocycles. The Labute approximate surface area is 64.5 Å². The van der Waals surface area contributed by atoms with Crippen molar-refractivity contribution in [2.45, 2.75) is 33.6 Å². The summed E-state index contributed by atoms with van der Waals surface area (Å²) in [6.07, 6.45) is 2.58. The van der Waals surface area contributed by atoms with Gasteiger partial charge in [-0.2, -0.15) is 0 Å². The fourth-order valence-corrected chi connectivity index (χ4v) is 0.943. The van der Waals surface area contributed by atoms with Crippen molar-refractivity contribution in [1.29, 1.82) is 0 Å². The van der Waals surface area contributed by atoms with Crippen LogP contribution in [0.15, 0.2) is 12.3 Å². The Hall–Kier alpha value is -0.460. The van der Waals surface area contributed by atoms with Crippen LogP contribution in [0, 0.1) is 5.92 Å². The Morgan fingerprint density at radius 3 is 2.60 bits per heavy atom. The highest BCUT2D eigenvalue weighted by Crippen LogP contribution is 2.02. The van der Waals surface area contributed by atoms with Crippen LogP contribution in [0.3, 0.4) is 0 Å². The molecule has 0 spiro atoms. The number of hydrogen-bond donors (Lipinski definition) is 1. The maximum Gasteiger partial charge on any atom is 0.0169 e. The molecule has 0 aromatic heterocycles. The predicted octanol–water partition coefficient (Wildman–Crippen LogP) is 2.55. The average Bonchev–Trinajstić information content (AvgIpc) is 1.85. The second kappa shape index (κ2) is 5.33. The third-order valence-electron chi connectivity index (χ3n) is 1.53. The standard InChI is InChI=1S/C9H19N/c1-5-6-9(4)7-10-8(2)3/h9-10H,2,5-7H2,1,3-4H3. The van der Waals surface area contributed by atoms with Gasteiger partial charge in [0.25, 0.3) is 0 Å². The van der Waals surface area contributed by atoms with Crippen molar-refractivity contribution >= 4 is 0 Å². The molecule has 1 N–H and O–H groups in total. The minimum Gasteiger partial charge on any atom is -0.389 e. The molecule has 0 bridgehead atoms. The van der Waals surface area contributed by atoms with Gasteiger partial charge in [-0.15, -0.1) is 0 Å². The molecule has 0 aliphatic rings. The first-order valence-electron chi connectivity index (χ1n) is 4.06. The van der Waals surface area contributed by atoms with Crippen molar-refractivity contribution in [1.82, 2.24) is 5.32 Å². The largest absolute Gasteiger partial charge is 0.389 e. The average molecular weight is 141 g/mol. The quantitative estimate of drug-likeness (QED) is 0.620. The van der Waals surface area contributed by atoms with E-state index in [4.69, 9.17) is 0 Å². The molecule has 0 fully saturated rings.